The van der Waals surface area contributed by atoms with E-state index in [1.807, 2.05) is 59.2 Å². The average molecular weight is 475 g/mol. The van der Waals surface area contributed by atoms with E-state index < -0.39 is 0 Å². The first kappa shape index (κ1) is 22.5. The van der Waals surface area contributed by atoms with Crippen LogP contribution in [0.1, 0.15) is 6.42 Å². The number of nitrogens with zero attached hydrogens (tertiary/aromatic N) is 6. The average Bonchev–Trinajstić information content (AvgIpc) is 3.28. The fourth-order valence-electron chi connectivity index (χ4n) is 3.25. The second kappa shape index (κ2) is 10.8. The van der Waals surface area contributed by atoms with Crippen LogP contribution in [-0.2, 0) is 4.79 Å². The monoisotopic (exact) mass is 474 g/mol. The lowest BCUT2D eigenvalue weighted by molar-refractivity contribution is -0.116. The van der Waals surface area contributed by atoms with Gasteiger partial charge in [-0.2, -0.15) is 5.26 Å². The summed E-state index contributed by atoms with van der Waals surface area (Å²) in [6.07, 6.45) is 3.64. The second-order valence-electron chi connectivity index (χ2n) is 6.93. The van der Waals surface area contributed by atoms with E-state index in [2.05, 4.69) is 21.3 Å². The minimum absolute atomic E-state index is 0.113. The lowest BCUT2D eigenvalue weighted by atomic mass is 10.2. The molecule has 7 nitrogen and oxygen atoms in total. The Morgan fingerprint density at radius 1 is 1.03 bits per heavy atom. The SMILES string of the molecule is N#CCCN(C(=O)CSc1nnc(-c2ccncc2)n1-c1ccc(Cl)cc1)c1ccccc1. The number of para-hydroxylation sites is 1. The smallest absolute Gasteiger partial charge is 0.237 e. The first-order valence-electron chi connectivity index (χ1n) is 10.1. The first-order chi connectivity index (χ1) is 16.2. The number of benzene rings is 2. The Bertz CT molecular complexity index is 1260. The molecule has 0 aliphatic rings. The summed E-state index contributed by atoms with van der Waals surface area (Å²) in [5.41, 5.74) is 2.44. The summed E-state index contributed by atoms with van der Waals surface area (Å²) >= 11 is 7.37. The summed E-state index contributed by atoms with van der Waals surface area (Å²) in [6, 6.07) is 22.5. The van der Waals surface area contributed by atoms with E-state index in [1.54, 1.807) is 29.4 Å². The zero-order valence-electron chi connectivity index (χ0n) is 17.5. The first-order valence-corrected chi connectivity index (χ1v) is 11.5. The van der Waals surface area contributed by atoms with E-state index in [4.69, 9.17) is 16.9 Å². The zero-order valence-corrected chi connectivity index (χ0v) is 19.1. The van der Waals surface area contributed by atoms with Gasteiger partial charge >= 0.3 is 0 Å². The molecule has 0 aliphatic carbocycles. The molecular formula is C24H19ClN6OS. The fourth-order valence-corrected chi connectivity index (χ4v) is 4.20. The van der Waals surface area contributed by atoms with Gasteiger partial charge in [0.2, 0.25) is 5.91 Å². The quantitative estimate of drug-likeness (QED) is 0.333. The largest absolute Gasteiger partial charge is 0.311 e. The van der Waals surface area contributed by atoms with Crippen LogP contribution in [0.25, 0.3) is 17.1 Å². The lowest BCUT2D eigenvalue weighted by Crippen LogP contribution is -2.33. The third-order valence-electron chi connectivity index (χ3n) is 4.80. The molecule has 2 heterocycles. The van der Waals surface area contributed by atoms with Crippen molar-refractivity contribution >= 4 is 35.0 Å². The molecule has 0 bridgehead atoms. The second-order valence-corrected chi connectivity index (χ2v) is 8.31. The van der Waals surface area contributed by atoms with Crippen molar-refractivity contribution in [1.82, 2.24) is 19.7 Å². The van der Waals surface area contributed by atoms with Crippen LogP contribution in [0.15, 0.2) is 84.3 Å². The number of halogens is 1. The van der Waals surface area contributed by atoms with Crippen molar-refractivity contribution in [2.75, 3.05) is 17.2 Å². The van der Waals surface area contributed by atoms with Gasteiger partial charge in [-0.25, -0.2) is 0 Å². The molecule has 1 amide bonds. The number of rotatable bonds is 8. The topological polar surface area (TPSA) is 87.7 Å². The van der Waals surface area contributed by atoms with Crippen LogP contribution in [-0.4, -0.2) is 38.0 Å². The molecule has 164 valence electrons. The van der Waals surface area contributed by atoms with Crippen molar-refractivity contribution in [3.8, 4) is 23.1 Å². The zero-order chi connectivity index (χ0) is 23.0. The normalized spacial score (nSPS) is 10.5. The summed E-state index contributed by atoms with van der Waals surface area (Å²) in [5.74, 6) is 0.666. The minimum atomic E-state index is -0.113. The molecule has 33 heavy (non-hydrogen) atoms. The number of hydrogen-bond acceptors (Lipinski definition) is 6. The van der Waals surface area contributed by atoms with Gasteiger partial charge in [-0.15, -0.1) is 10.2 Å². The molecule has 2 aromatic heterocycles. The molecular weight excluding hydrogens is 456 g/mol. The predicted octanol–water partition coefficient (Wildman–Crippen LogP) is 5.02. The number of pyridine rings is 1. The number of anilines is 1. The van der Waals surface area contributed by atoms with Crippen LogP contribution in [0.4, 0.5) is 5.69 Å². The third-order valence-corrected chi connectivity index (χ3v) is 5.96. The Morgan fingerprint density at radius 2 is 1.76 bits per heavy atom. The van der Waals surface area contributed by atoms with E-state index in [0.29, 0.717) is 22.5 Å². The summed E-state index contributed by atoms with van der Waals surface area (Å²) in [6.45, 7) is 0.325. The van der Waals surface area contributed by atoms with Crippen molar-refractivity contribution < 1.29 is 4.79 Å². The van der Waals surface area contributed by atoms with E-state index in [-0.39, 0.29) is 18.1 Å². The summed E-state index contributed by atoms with van der Waals surface area (Å²) in [7, 11) is 0. The number of amides is 1. The number of carbonyl (C=O) groups is 1. The van der Waals surface area contributed by atoms with Crippen LogP contribution in [0.3, 0.4) is 0 Å². The molecule has 9 heteroatoms. The molecule has 0 N–H and O–H groups in total. The van der Waals surface area contributed by atoms with Crippen molar-refractivity contribution in [1.29, 1.82) is 5.26 Å². The maximum Gasteiger partial charge on any atom is 0.237 e. The third kappa shape index (κ3) is 5.40. The van der Waals surface area contributed by atoms with E-state index in [0.717, 1.165) is 16.9 Å². The van der Waals surface area contributed by atoms with Gasteiger partial charge in [-0.3, -0.25) is 14.3 Å². The number of nitriles is 1. The van der Waals surface area contributed by atoms with Crippen LogP contribution >= 0.6 is 23.4 Å². The van der Waals surface area contributed by atoms with Crippen molar-refractivity contribution in [3.05, 3.63) is 84.1 Å². The van der Waals surface area contributed by atoms with Gasteiger partial charge in [0.25, 0.3) is 0 Å². The van der Waals surface area contributed by atoms with Crippen molar-refractivity contribution in [2.24, 2.45) is 0 Å². The highest BCUT2D eigenvalue weighted by atomic mass is 35.5. The van der Waals surface area contributed by atoms with Gasteiger partial charge in [-0.05, 0) is 48.5 Å². The van der Waals surface area contributed by atoms with Gasteiger partial charge in [0.05, 0.1) is 18.2 Å². The molecule has 0 aliphatic heterocycles. The van der Waals surface area contributed by atoms with E-state index in [1.165, 1.54) is 11.8 Å². The van der Waals surface area contributed by atoms with Crippen LogP contribution < -0.4 is 4.90 Å². The van der Waals surface area contributed by atoms with Crippen LogP contribution in [0.2, 0.25) is 5.02 Å². The van der Waals surface area contributed by atoms with Gasteiger partial charge in [0.1, 0.15) is 0 Å². The maximum atomic E-state index is 13.1. The fraction of sp³-hybridized carbons (Fsp3) is 0.125. The molecule has 0 atom stereocenters. The summed E-state index contributed by atoms with van der Waals surface area (Å²) < 4.78 is 1.89. The number of carbonyl (C=O) groups excluding carboxylic acids is 1. The molecule has 4 rings (SSSR count). The maximum absolute atomic E-state index is 13.1. The van der Waals surface area contributed by atoms with Gasteiger partial charge in [0.15, 0.2) is 11.0 Å². The van der Waals surface area contributed by atoms with E-state index in [9.17, 15) is 4.79 Å². The Morgan fingerprint density at radius 3 is 2.45 bits per heavy atom. The molecule has 0 saturated carbocycles. The highest BCUT2D eigenvalue weighted by Gasteiger charge is 2.20. The molecule has 0 unspecified atom stereocenters. The van der Waals surface area contributed by atoms with Crippen LogP contribution in [0.5, 0.6) is 0 Å². The van der Waals surface area contributed by atoms with Gasteiger partial charge < -0.3 is 4.90 Å². The minimum Gasteiger partial charge on any atom is -0.311 e. The van der Waals surface area contributed by atoms with Gasteiger partial charge in [-0.1, -0.05) is 41.6 Å². The van der Waals surface area contributed by atoms with Gasteiger partial charge in [0, 0.05) is 40.9 Å². The molecule has 0 fully saturated rings. The summed E-state index contributed by atoms with van der Waals surface area (Å²) in [4.78, 5) is 18.8. The molecule has 2 aromatic carbocycles. The lowest BCUT2D eigenvalue weighted by Gasteiger charge is -2.21. The Balaban J connectivity index is 1.62. The molecule has 4 aromatic rings. The Labute approximate surface area is 200 Å². The number of hydrogen-bond donors (Lipinski definition) is 0. The predicted molar refractivity (Wildman–Crippen MR) is 129 cm³/mol. The van der Waals surface area contributed by atoms with Crippen molar-refractivity contribution in [3.63, 3.8) is 0 Å². The Kier molecular flexibility index (Phi) is 7.35. The molecule has 0 saturated heterocycles. The van der Waals surface area contributed by atoms with E-state index >= 15 is 0 Å². The van der Waals surface area contributed by atoms with Crippen LogP contribution in [0, 0.1) is 11.3 Å². The molecule has 0 radical (unpaired) electrons. The highest BCUT2D eigenvalue weighted by molar-refractivity contribution is 7.99. The Hall–Kier alpha value is -3.67. The summed E-state index contributed by atoms with van der Waals surface area (Å²) in [5, 5.41) is 18.9. The number of aromatic nitrogens is 4. The highest BCUT2D eigenvalue weighted by Crippen LogP contribution is 2.29. The molecule has 0 spiro atoms. The standard InChI is InChI=1S/C24H19ClN6OS/c25-19-7-9-21(10-8-19)31-23(18-11-14-27-15-12-18)28-29-24(31)33-17-22(32)30(16-4-13-26)20-5-2-1-3-6-20/h1-3,5-12,14-15H,4,16-17H2. The number of thioether (sulfide) groups is 1. The van der Waals surface area contributed by atoms with Crippen molar-refractivity contribution in [2.45, 2.75) is 11.6 Å².